The molecule has 62 valence electrons. The SMILES string of the molecule is C[N+](C)(C)C[C@H](O)CCN. The summed E-state index contributed by atoms with van der Waals surface area (Å²) in [7, 11) is 6.17. The zero-order valence-corrected chi connectivity index (χ0v) is 7.17. The van der Waals surface area contributed by atoms with E-state index in [1.807, 2.05) is 0 Å². The van der Waals surface area contributed by atoms with Gasteiger partial charge in [-0.2, -0.15) is 0 Å². The highest BCUT2D eigenvalue weighted by atomic mass is 16.3. The van der Waals surface area contributed by atoms with Gasteiger partial charge in [0, 0.05) is 0 Å². The van der Waals surface area contributed by atoms with Crippen molar-refractivity contribution in [1.29, 1.82) is 0 Å². The van der Waals surface area contributed by atoms with Crippen LogP contribution < -0.4 is 5.73 Å². The van der Waals surface area contributed by atoms with Crippen molar-refractivity contribution in [2.75, 3.05) is 34.2 Å². The number of quaternary nitrogens is 1. The van der Waals surface area contributed by atoms with Crippen LogP contribution in [0.5, 0.6) is 0 Å². The lowest BCUT2D eigenvalue weighted by molar-refractivity contribution is -0.873. The van der Waals surface area contributed by atoms with Crippen molar-refractivity contribution in [2.24, 2.45) is 5.73 Å². The van der Waals surface area contributed by atoms with E-state index >= 15 is 0 Å². The third-order valence-corrected chi connectivity index (χ3v) is 1.26. The molecule has 0 rings (SSSR count). The van der Waals surface area contributed by atoms with E-state index in [9.17, 15) is 5.11 Å². The van der Waals surface area contributed by atoms with E-state index in [-0.39, 0.29) is 6.10 Å². The van der Waals surface area contributed by atoms with Crippen molar-refractivity contribution in [3.05, 3.63) is 0 Å². The van der Waals surface area contributed by atoms with Gasteiger partial charge in [-0.25, -0.2) is 0 Å². The summed E-state index contributed by atoms with van der Waals surface area (Å²) in [5.41, 5.74) is 5.28. The molecule has 3 heteroatoms. The summed E-state index contributed by atoms with van der Waals surface area (Å²) in [6.45, 7) is 1.35. The van der Waals surface area contributed by atoms with Crippen LogP contribution in [0.4, 0.5) is 0 Å². The monoisotopic (exact) mass is 147 g/mol. The normalized spacial score (nSPS) is 15.3. The molecule has 0 amide bonds. The van der Waals surface area contributed by atoms with Crippen molar-refractivity contribution < 1.29 is 9.59 Å². The van der Waals surface area contributed by atoms with Gasteiger partial charge in [0.05, 0.1) is 21.1 Å². The number of hydrogen-bond donors (Lipinski definition) is 2. The fourth-order valence-corrected chi connectivity index (χ4v) is 0.916. The van der Waals surface area contributed by atoms with Crippen LogP contribution in [0, 0.1) is 0 Å². The molecule has 0 unspecified atom stereocenters. The molecule has 0 heterocycles. The Morgan fingerprint density at radius 3 is 2.20 bits per heavy atom. The fraction of sp³-hybridized carbons (Fsp3) is 1.00. The van der Waals surface area contributed by atoms with Gasteiger partial charge in [0.2, 0.25) is 0 Å². The van der Waals surface area contributed by atoms with Gasteiger partial charge >= 0.3 is 0 Å². The number of hydrogen-bond acceptors (Lipinski definition) is 2. The Morgan fingerprint density at radius 1 is 1.40 bits per heavy atom. The van der Waals surface area contributed by atoms with E-state index in [4.69, 9.17) is 5.73 Å². The molecule has 0 saturated heterocycles. The number of aliphatic hydroxyl groups is 1. The molecule has 3 nitrogen and oxygen atoms in total. The maximum atomic E-state index is 9.29. The average molecular weight is 147 g/mol. The Morgan fingerprint density at radius 2 is 1.90 bits per heavy atom. The molecule has 0 aliphatic carbocycles. The first-order valence-electron chi connectivity index (χ1n) is 3.64. The Kier molecular flexibility index (Phi) is 3.86. The molecule has 0 aromatic rings. The summed E-state index contributed by atoms with van der Waals surface area (Å²) in [5, 5.41) is 9.29. The molecule has 0 aliphatic heterocycles. The van der Waals surface area contributed by atoms with Crippen LogP contribution in [-0.4, -0.2) is 49.9 Å². The van der Waals surface area contributed by atoms with Crippen LogP contribution in [0.2, 0.25) is 0 Å². The smallest absolute Gasteiger partial charge is 0.104 e. The van der Waals surface area contributed by atoms with E-state index in [1.165, 1.54) is 0 Å². The Bertz CT molecular complexity index is 88.1. The van der Waals surface area contributed by atoms with Crippen LogP contribution in [0.15, 0.2) is 0 Å². The van der Waals surface area contributed by atoms with E-state index in [2.05, 4.69) is 21.1 Å². The molecule has 0 radical (unpaired) electrons. The van der Waals surface area contributed by atoms with E-state index < -0.39 is 0 Å². The zero-order valence-electron chi connectivity index (χ0n) is 7.17. The third-order valence-electron chi connectivity index (χ3n) is 1.26. The van der Waals surface area contributed by atoms with Crippen LogP contribution >= 0.6 is 0 Å². The van der Waals surface area contributed by atoms with Gasteiger partial charge in [-0.3, -0.25) is 0 Å². The Balaban J connectivity index is 3.47. The lowest BCUT2D eigenvalue weighted by Gasteiger charge is -2.26. The molecule has 0 aromatic carbocycles. The number of nitrogens with two attached hydrogens (primary N) is 1. The van der Waals surface area contributed by atoms with E-state index in [1.54, 1.807) is 0 Å². The van der Waals surface area contributed by atoms with Crippen molar-refractivity contribution in [3.8, 4) is 0 Å². The standard InChI is InChI=1S/C7H19N2O/c1-9(2,3)6-7(10)4-5-8/h7,10H,4-6,8H2,1-3H3/q+1/t7-/m1/s1. The molecular formula is C7H19N2O+. The summed E-state index contributed by atoms with van der Waals surface area (Å²) >= 11 is 0. The predicted octanol–water partition coefficient (Wildman–Crippen LogP) is -0.598. The molecule has 1 atom stereocenters. The molecule has 0 aliphatic rings. The van der Waals surface area contributed by atoms with Crippen LogP contribution in [0.25, 0.3) is 0 Å². The lowest BCUT2D eigenvalue weighted by Crippen LogP contribution is -2.41. The summed E-state index contributed by atoms with van der Waals surface area (Å²) in [6, 6.07) is 0. The van der Waals surface area contributed by atoms with Crippen molar-refractivity contribution in [1.82, 2.24) is 0 Å². The zero-order chi connectivity index (χ0) is 8.20. The molecule has 10 heavy (non-hydrogen) atoms. The number of rotatable bonds is 4. The second-order valence-corrected chi connectivity index (χ2v) is 3.70. The second-order valence-electron chi connectivity index (χ2n) is 3.70. The maximum absolute atomic E-state index is 9.29. The quantitative estimate of drug-likeness (QED) is 0.522. The minimum absolute atomic E-state index is 0.245. The summed E-state index contributed by atoms with van der Waals surface area (Å²) in [6.07, 6.45) is 0.459. The van der Waals surface area contributed by atoms with E-state index in [0.717, 1.165) is 11.0 Å². The maximum Gasteiger partial charge on any atom is 0.104 e. The molecule has 0 saturated carbocycles. The predicted molar refractivity (Wildman–Crippen MR) is 42.6 cm³/mol. The number of likely N-dealkylation sites (N-methyl/N-ethyl adjacent to an activating group) is 1. The number of aliphatic hydroxyl groups excluding tert-OH is 1. The second kappa shape index (κ2) is 3.91. The highest BCUT2D eigenvalue weighted by molar-refractivity contribution is 4.52. The van der Waals surface area contributed by atoms with Crippen LogP contribution in [-0.2, 0) is 0 Å². The van der Waals surface area contributed by atoms with Gasteiger partial charge in [-0.1, -0.05) is 0 Å². The average Bonchev–Trinajstić information content (AvgIpc) is 1.59. The summed E-state index contributed by atoms with van der Waals surface area (Å²) in [5.74, 6) is 0. The van der Waals surface area contributed by atoms with Crippen LogP contribution in [0.3, 0.4) is 0 Å². The Hall–Kier alpha value is -0.120. The summed E-state index contributed by atoms with van der Waals surface area (Å²) < 4.78 is 0.793. The molecular weight excluding hydrogens is 128 g/mol. The largest absolute Gasteiger partial charge is 0.387 e. The summed E-state index contributed by atoms with van der Waals surface area (Å²) in [4.78, 5) is 0. The van der Waals surface area contributed by atoms with Gasteiger partial charge in [-0.15, -0.1) is 0 Å². The fourth-order valence-electron chi connectivity index (χ4n) is 0.916. The van der Waals surface area contributed by atoms with Crippen molar-refractivity contribution >= 4 is 0 Å². The minimum atomic E-state index is -0.245. The lowest BCUT2D eigenvalue weighted by atomic mass is 10.2. The van der Waals surface area contributed by atoms with Gasteiger partial charge in [-0.05, 0) is 13.0 Å². The molecule has 0 aromatic heterocycles. The third kappa shape index (κ3) is 6.01. The molecule has 3 N–H and O–H groups in total. The van der Waals surface area contributed by atoms with Crippen LogP contribution in [0.1, 0.15) is 6.42 Å². The first-order chi connectivity index (χ1) is 4.45. The molecule has 0 fully saturated rings. The van der Waals surface area contributed by atoms with Gasteiger partial charge in [0.15, 0.2) is 0 Å². The highest BCUT2D eigenvalue weighted by Crippen LogP contribution is 1.97. The number of nitrogens with zero attached hydrogens (tertiary/aromatic N) is 1. The van der Waals surface area contributed by atoms with E-state index in [0.29, 0.717) is 13.0 Å². The topological polar surface area (TPSA) is 46.2 Å². The molecule has 0 spiro atoms. The van der Waals surface area contributed by atoms with Crippen molar-refractivity contribution in [2.45, 2.75) is 12.5 Å². The molecule has 0 bridgehead atoms. The van der Waals surface area contributed by atoms with Crippen molar-refractivity contribution in [3.63, 3.8) is 0 Å². The van der Waals surface area contributed by atoms with Gasteiger partial charge < -0.3 is 15.3 Å². The first kappa shape index (κ1) is 9.88. The highest BCUT2D eigenvalue weighted by Gasteiger charge is 2.13. The van der Waals surface area contributed by atoms with Gasteiger partial charge in [0.25, 0.3) is 0 Å². The Labute approximate surface area is 63.0 Å². The minimum Gasteiger partial charge on any atom is -0.387 e. The first-order valence-corrected chi connectivity index (χ1v) is 3.64. The van der Waals surface area contributed by atoms with Gasteiger partial charge in [0.1, 0.15) is 12.6 Å².